The third-order valence-corrected chi connectivity index (χ3v) is 4.61. The van der Waals surface area contributed by atoms with E-state index in [4.69, 9.17) is 27.6 Å². The van der Waals surface area contributed by atoms with Gasteiger partial charge in [-0.15, -0.1) is 0 Å². The van der Waals surface area contributed by atoms with Crippen LogP contribution in [0.5, 0.6) is 0 Å². The van der Waals surface area contributed by atoms with Crippen molar-refractivity contribution in [1.82, 2.24) is 0 Å². The Labute approximate surface area is 144 Å². The summed E-state index contributed by atoms with van der Waals surface area (Å²) in [5, 5.41) is 5.09. The molecule has 1 N–H and O–H groups in total. The van der Waals surface area contributed by atoms with Gasteiger partial charge in [0.25, 0.3) is 0 Å². The number of anilines is 1. The molecule has 2 aromatic carbocycles. The number of nitrogens with one attached hydrogen (secondary N) is 1. The van der Waals surface area contributed by atoms with Gasteiger partial charge in [-0.1, -0.05) is 23.2 Å². The highest BCUT2D eigenvalue weighted by Crippen LogP contribution is 2.32. The highest BCUT2D eigenvalue weighted by Gasteiger charge is 2.15. The third-order valence-electron chi connectivity index (χ3n) is 3.77. The number of aryl methyl sites for hydroxylation is 2. The lowest BCUT2D eigenvalue weighted by molar-refractivity contribution is -0.115. The summed E-state index contributed by atoms with van der Waals surface area (Å²) >= 11 is 12.1. The van der Waals surface area contributed by atoms with Crippen molar-refractivity contribution < 1.29 is 9.21 Å². The summed E-state index contributed by atoms with van der Waals surface area (Å²) in [6, 6.07) is 8.89. The van der Waals surface area contributed by atoms with Gasteiger partial charge in [0.1, 0.15) is 5.58 Å². The van der Waals surface area contributed by atoms with Crippen molar-refractivity contribution in [1.29, 1.82) is 0 Å². The Kier molecular flexibility index (Phi) is 4.33. The summed E-state index contributed by atoms with van der Waals surface area (Å²) in [6.07, 6.45) is 1.84. The van der Waals surface area contributed by atoms with E-state index >= 15 is 0 Å². The van der Waals surface area contributed by atoms with Crippen molar-refractivity contribution in [3.63, 3.8) is 0 Å². The number of benzene rings is 2. The van der Waals surface area contributed by atoms with Gasteiger partial charge in [0.2, 0.25) is 5.91 Å². The minimum absolute atomic E-state index is 0.119. The highest BCUT2D eigenvalue weighted by molar-refractivity contribution is 6.33. The maximum Gasteiger partial charge on any atom is 0.228 e. The maximum absolute atomic E-state index is 12.3. The Hall–Kier alpha value is -1.97. The molecular weight excluding hydrogens is 333 g/mol. The lowest BCUT2D eigenvalue weighted by Crippen LogP contribution is -2.14. The van der Waals surface area contributed by atoms with E-state index in [1.165, 1.54) is 0 Å². The molecule has 1 heterocycles. The van der Waals surface area contributed by atoms with Crippen molar-refractivity contribution in [3.8, 4) is 0 Å². The van der Waals surface area contributed by atoms with Gasteiger partial charge in [0, 0.05) is 26.7 Å². The van der Waals surface area contributed by atoms with Crippen molar-refractivity contribution in [2.75, 3.05) is 5.32 Å². The zero-order chi connectivity index (χ0) is 16.6. The molecule has 1 amide bonds. The Morgan fingerprint density at radius 2 is 1.87 bits per heavy atom. The van der Waals surface area contributed by atoms with Crippen molar-refractivity contribution in [2.45, 2.75) is 20.3 Å². The standard InChI is InChI=1S/C18H15Cl2NO2/c1-10-7-15-17(11(2)18(10)20)12(9-23-15)8-16(22)21-14-5-3-13(19)4-6-14/h3-7,9H,8H2,1-2H3,(H,21,22). The SMILES string of the molecule is Cc1cc2occ(CC(=O)Nc3ccc(Cl)cc3)c2c(C)c1Cl. The number of fused-ring (bicyclic) bond motifs is 1. The van der Waals surface area contributed by atoms with E-state index in [1.807, 2.05) is 19.9 Å². The van der Waals surface area contributed by atoms with Gasteiger partial charge < -0.3 is 9.73 Å². The van der Waals surface area contributed by atoms with E-state index in [0.717, 1.165) is 27.7 Å². The summed E-state index contributed by atoms with van der Waals surface area (Å²) in [6.45, 7) is 3.87. The minimum Gasteiger partial charge on any atom is -0.464 e. The Balaban J connectivity index is 1.85. The average molecular weight is 348 g/mol. The fourth-order valence-corrected chi connectivity index (χ4v) is 2.92. The number of carbonyl (C=O) groups is 1. The average Bonchev–Trinajstić information content (AvgIpc) is 2.90. The summed E-state index contributed by atoms with van der Waals surface area (Å²) in [4.78, 5) is 12.3. The molecule has 0 saturated carbocycles. The number of hydrogen-bond acceptors (Lipinski definition) is 2. The molecule has 0 atom stereocenters. The molecule has 118 valence electrons. The number of carbonyl (C=O) groups excluding carboxylic acids is 1. The molecule has 0 aliphatic heterocycles. The Morgan fingerprint density at radius 1 is 1.17 bits per heavy atom. The lowest BCUT2D eigenvalue weighted by Gasteiger charge is -2.07. The first-order valence-corrected chi connectivity index (χ1v) is 7.92. The van der Waals surface area contributed by atoms with Crippen LogP contribution in [0.15, 0.2) is 41.0 Å². The van der Waals surface area contributed by atoms with Gasteiger partial charge in [-0.3, -0.25) is 4.79 Å². The minimum atomic E-state index is -0.119. The quantitative estimate of drug-likeness (QED) is 0.675. The molecule has 0 fully saturated rings. The number of amides is 1. The van der Waals surface area contributed by atoms with Crippen LogP contribution in [0.3, 0.4) is 0 Å². The molecule has 0 aliphatic carbocycles. The van der Waals surface area contributed by atoms with E-state index in [2.05, 4.69) is 5.32 Å². The fraction of sp³-hybridized carbons (Fsp3) is 0.167. The molecule has 0 unspecified atom stereocenters. The second-order valence-electron chi connectivity index (χ2n) is 5.50. The molecule has 23 heavy (non-hydrogen) atoms. The number of rotatable bonds is 3. The molecule has 0 saturated heterocycles. The Morgan fingerprint density at radius 3 is 2.57 bits per heavy atom. The maximum atomic E-state index is 12.3. The molecule has 5 heteroatoms. The lowest BCUT2D eigenvalue weighted by atomic mass is 10.0. The van der Waals surface area contributed by atoms with Crippen LogP contribution in [0.2, 0.25) is 10.0 Å². The van der Waals surface area contributed by atoms with Crippen molar-refractivity contribution in [3.05, 3.63) is 63.3 Å². The van der Waals surface area contributed by atoms with Gasteiger partial charge in [-0.25, -0.2) is 0 Å². The van der Waals surface area contributed by atoms with Crippen LogP contribution in [-0.2, 0) is 11.2 Å². The van der Waals surface area contributed by atoms with E-state index < -0.39 is 0 Å². The van der Waals surface area contributed by atoms with Crippen LogP contribution in [0.1, 0.15) is 16.7 Å². The monoisotopic (exact) mass is 347 g/mol. The van der Waals surface area contributed by atoms with E-state index in [1.54, 1.807) is 30.5 Å². The number of hydrogen-bond donors (Lipinski definition) is 1. The molecular formula is C18H15Cl2NO2. The fourth-order valence-electron chi connectivity index (χ4n) is 2.65. The van der Waals surface area contributed by atoms with Gasteiger partial charge in [0.05, 0.1) is 12.7 Å². The van der Waals surface area contributed by atoms with Crippen LogP contribution >= 0.6 is 23.2 Å². The first kappa shape index (κ1) is 15.9. The molecule has 3 nitrogen and oxygen atoms in total. The normalized spacial score (nSPS) is 11.0. The van der Waals surface area contributed by atoms with E-state index in [0.29, 0.717) is 15.7 Å². The molecule has 0 aliphatic rings. The predicted octanol–water partition coefficient (Wildman–Crippen LogP) is 5.54. The van der Waals surface area contributed by atoms with Gasteiger partial charge >= 0.3 is 0 Å². The Bertz CT molecular complexity index is 882. The molecule has 0 bridgehead atoms. The number of furan rings is 1. The van der Waals surface area contributed by atoms with Crippen LogP contribution in [0.25, 0.3) is 11.0 Å². The molecule has 0 spiro atoms. The molecule has 3 rings (SSSR count). The first-order valence-electron chi connectivity index (χ1n) is 7.17. The highest BCUT2D eigenvalue weighted by atomic mass is 35.5. The summed E-state index contributed by atoms with van der Waals surface area (Å²) in [5.74, 6) is -0.119. The van der Waals surface area contributed by atoms with Gasteiger partial charge in [-0.05, 0) is 55.3 Å². The zero-order valence-electron chi connectivity index (χ0n) is 12.7. The zero-order valence-corrected chi connectivity index (χ0v) is 14.3. The largest absolute Gasteiger partial charge is 0.464 e. The molecule has 1 aromatic heterocycles. The van der Waals surface area contributed by atoms with Crippen LogP contribution in [-0.4, -0.2) is 5.91 Å². The van der Waals surface area contributed by atoms with Gasteiger partial charge in [0.15, 0.2) is 0 Å². The van der Waals surface area contributed by atoms with E-state index in [9.17, 15) is 4.79 Å². The second-order valence-corrected chi connectivity index (χ2v) is 6.31. The van der Waals surface area contributed by atoms with Gasteiger partial charge in [-0.2, -0.15) is 0 Å². The third kappa shape index (κ3) is 3.21. The number of halogens is 2. The van der Waals surface area contributed by atoms with Crippen LogP contribution in [0, 0.1) is 13.8 Å². The molecule has 0 radical (unpaired) electrons. The summed E-state index contributed by atoms with van der Waals surface area (Å²) in [7, 11) is 0. The van der Waals surface area contributed by atoms with Crippen LogP contribution < -0.4 is 5.32 Å². The summed E-state index contributed by atoms with van der Waals surface area (Å²) < 4.78 is 5.58. The predicted molar refractivity (Wildman–Crippen MR) is 94.5 cm³/mol. The van der Waals surface area contributed by atoms with E-state index in [-0.39, 0.29) is 12.3 Å². The smallest absolute Gasteiger partial charge is 0.228 e. The van der Waals surface area contributed by atoms with Crippen molar-refractivity contribution >= 4 is 45.8 Å². The van der Waals surface area contributed by atoms with Crippen molar-refractivity contribution in [2.24, 2.45) is 0 Å². The topological polar surface area (TPSA) is 42.2 Å². The summed E-state index contributed by atoms with van der Waals surface area (Å²) in [5.41, 5.74) is 4.18. The molecule has 3 aromatic rings. The van der Waals surface area contributed by atoms with Crippen LogP contribution in [0.4, 0.5) is 5.69 Å². The second kappa shape index (κ2) is 6.26. The first-order chi connectivity index (χ1) is 11.0.